The molecule has 0 aliphatic carbocycles. The second kappa shape index (κ2) is 6.00. The molecule has 0 unspecified atom stereocenters. The van der Waals surface area contributed by atoms with Gasteiger partial charge in [-0.25, -0.2) is 9.97 Å². The van der Waals surface area contributed by atoms with Gasteiger partial charge in [0.25, 0.3) is 0 Å². The molecule has 0 spiro atoms. The van der Waals surface area contributed by atoms with Gasteiger partial charge in [-0.1, -0.05) is 20.8 Å². The Hall–Kier alpha value is -1.36. The summed E-state index contributed by atoms with van der Waals surface area (Å²) >= 11 is 0. The molecule has 0 aromatic carbocycles. The van der Waals surface area contributed by atoms with Crippen molar-refractivity contribution < 1.29 is 0 Å². The highest BCUT2D eigenvalue weighted by Crippen LogP contribution is 2.21. The van der Waals surface area contributed by atoms with Crippen molar-refractivity contribution >= 4 is 11.6 Å². The Morgan fingerprint density at radius 2 is 2.00 bits per heavy atom. The van der Waals surface area contributed by atoms with Crippen molar-refractivity contribution in [1.82, 2.24) is 14.9 Å². The highest BCUT2D eigenvalue weighted by molar-refractivity contribution is 5.54. The van der Waals surface area contributed by atoms with Gasteiger partial charge in [-0.15, -0.1) is 0 Å². The topological polar surface area (TPSA) is 67.1 Å². The molecule has 1 aromatic heterocycles. The molecule has 0 radical (unpaired) electrons. The lowest BCUT2D eigenvalue weighted by Gasteiger charge is -2.29. The van der Waals surface area contributed by atoms with Crippen LogP contribution in [0.4, 0.5) is 11.6 Å². The van der Waals surface area contributed by atoms with E-state index in [2.05, 4.69) is 55.1 Å². The predicted molar refractivity (Wildman–Crippen MR) is 76.6 cm³/mol. The van der Waals surface area contributed by atoms with Crippen molar-refractivity contribution in [2.45, 2.75) is 27.2 Å². The van der Waals surface area contributed by atoms with Crippen LogP contribution in [0.25, 0.3) is 0 Å². The third kappa shape index (κ3) is 4.14. The Morgan fingerprint density at radius 3 is 2.56 bits per heavy atom. The third-order valence-corrected chi connectivity index (χ3v) is 2.81. The average Bonchev–Trinajstić information content (AvgIpc) is 2.24. The molecular formula is C13H25N5. The maximum atomic E-state index is 5.85. The standard InChI is InChI=1S/C13H25N5/c1-6-10-11(14)16-9-17-12(10)15-7-13(2,3)8-18(4)5/h9H,6-8H2,1-5H3,(H3,14,15,16,17). The number of nitrogens with zero attached hydrogens (tertiary/aromatic N) is 3. The molecule has 18 heavy (non-hydrogen) atoms. The SMILES string of the molecule is CCc1c(N)ncnc1NCC(C)(C)CN(C)C. The van der Waals surface area contributed by atoms with E-state index in [0.717, 1.165) is 30.9 Å². The van der Waals surface area contributed by atoms with E-state index in [1.54, 1.807) is 0 Å². The first kappa shape index (κ1) is 14.7. The van der Waals surface area contributed by atoms with Gasteiger partial charge in [0.05, 0.1) is 0 Å². The first-order valence-corrected chi connectivity index (χ1v) is 6.33. The van der Waals surface area contributed by atoms with E-state index in [0.29, 0.717) is 5.82 Å². The molecule has 0 bridgehead atoms. The highest BCUT2D eigenvalue weighted by atomic mass is 15.1. The zero-order valence-corrected chi connectivity index (χ0v) is 12.1. The Labute approximate surface area is 110 Å². The van der Waals surface area contributed by atoms with Crippen LogP contribution >= 0.6 is 0 Å². The van der Waals surface area contributed by atoms with E-state index in [-0.39, 0.29) is 5.41 Å². The lowest BCUT2D eigenvalue weighted by atomic mass is 9.93. The second-order valence-corrected chi connectivity index (χ2v) is 5.70. The molecule has 0 aliphatic rings. The van der Waals surface area contributed by atoms with E-state index < -0.39 is 0 Å². The van der Waals surface area contributed by atoms with Crippen LogP contribution in [0.15, 0.2) is 6.33 Å². The summed E-state index contributed by atoms with van der Waals surface area (Å²) in [6.45, 7) is 8.40. The van der Waals surface area contributed by atoms with Crippen molar-refractivity contribution in [3.63, 3.8) is 0 Å². The Bertz CT molecular complexity index is 387. The largest absolute Gasteiger partial charge is 0.383 e. The van der Waals surface area contributed by atoms with Crippen molar-refractivity contribution in [2.75, 3.05) is 38.2 Å². The van der Waals surface area contributed by atoms with Crippen LogP contribution in [-0.2, 0) is 6.42 Å². The molecular weight excluding hydrogens is 226 g/mol. The maximum absolute atomic E-state index is 5.85. The van der Waals surface area contributed by atoms with Crippen LogP contribution in [0, 0.1) is 5.41 Å². The van der Waals surface area contributed by atoms with Crippen LogP contribution in [0.3, 0.4) is 0 Å². The molecule has 0 saturated heterocycles. The van der Waals surface area contributed by atoms with Gasteiger partial charge in [-0.05, 0) is 25.9 Å². The Kier molecular flexibility index (Phi) is 4.90. The van der Waals surface area contributed by atoms with Crippen molar-refractivity contribution in [3.05, 3.63) is 11.9 Å². The third-order valence-electron chi connectivity index (χ3n) is 2.81. The van der Waals surface area contributed by atoms with E-state index in [1.807, 2.05) is 0 Å². The summed E-state index contributed by atoms with van der Waals surface area (Å²) < 4.78 is 0. The molecule has 5 nitrogen and oxygen atoms in total. The van der Waals surface area contributed by atoms with Crippen molar-refractivity contribution in [1.29, 1.82) is 0 Å². The first-order valence-electron chi connectivity index (χ1n) is 6.33. The highest BCUT2D eigenvalue weighted by Gasteiger charge is 2.19. The molecule has 1 aromatic rings. The van der Waals surface area contributed by atoms with E-state index >= 15 is 0 Å². The number of anilines is 2. The van der Waals surface area contributed by atoms with Crippen molar-refractivity contribution in [3.8, 4) is 0 Å². The maximum Gasteiger partial charge on any atom is 0.134 e. The molecule has 1 heterocycles. The summed E-state index contributed by atoms with van der Waals surface area (Å²) in [5.41, 5.74) is 7.03. The molecule has 1 rings (SSSR count). The monoisotopic (exact) mass is 251 g/mol. The van der Waals surface area contributed by atoms with Gasteiger partial charge in [0, 0.05) is 18.7 Å². The van der Waals surface area contributed by atoms with Crippen LogP contribution in [-0.4, -0.2) is 42.1 Å². The summed E-state index contributed by atoms with van der Waals surface area (Å²) in [4.78, 5) is 10.5. The van der Waals surface area contributed by atoms with Gasteiger partial charge in [0.15, 0.2) is 0 Å². The van der Waals surface area contributed by atoms with Gasteiger partial charge >= 0.3 is 0 Å². The van der Waals surface area contributed by atoms with Gasteiger partial charge < -0.3 is 16.0 Å². The quantitative estimate of drug-likeness (QED) is 0.804. The molecule has 102 valence electrons. The minimum absolute atomic E-state index is 0.175. The summed E-state index contributed by atoms with van der Waals surface area (Å²) in [6, 6.07) is 0. The predicted octanol–water partition coefficient (Wildman–Crippen LogP) is 1.62. The molecule has 0 amide bonds. The average molecular weight is 251 g/mol. The van der Waals surface area contributed by atoms with E-state index in [1.165, 1.54) is 6.33 Å². The first-order chi connectivity index (χ1) is 8.35. The zero-order valence-electron chi connectivity index (χ0n) is 12.1. The summed E-state index contributed by atoms with van der Waals surface area (Å²) in [5, 5.41) is 3.39. The molecule has 0 fully saturated rings. The Balaban J connectivity index is 2.71. The van der Waals surface area contributed by atoms with Gasteiger partial charge in [-0.3, -0.25) is 0 Å². The lowest BCUT2D eigenvalue weighted by Crippen LogP contribution is -2.34. The fourth-order valence-electron chi connectivity index (χ4n) is 2.16. The molecule has 0 saturated carbocycles. The van der Waals surface area contributed by atoms with Crippen LogP contribution in [0.1, 0.15) is 26.3 Å². The normalized spacial score (nSPS) is 11.9. The zero-order chi connectivity index (χ0) is 13.8. The molecule has 0 aliphatic heterocycles. The number of rotatable bonds is 6. The Morgan fingerprint density at radius 1 is 1.33 bits per heavy atom. The fraction of sp³-hybridized carbons (Fsp3) is 0.692. The number of nitrogens with two attached hydrogens (primary N) is 1. The number of hydrogen-bond donors (Lipinski definition) is 2. The minimum atomic E-state index is 0.175. The van der Waals surface area contributed by atoms with E-state index in [9.17, 15) is 0 Å². The van der Waals surface area contributed by atoms with Crippen LogP contribution in [0.2, 0.25) is 0 Å². The van der Waals surface area contributed by atoms with E-state index in [4.69, 9.17) is 5.73 Å². The minimum Gasteiger partial charge on any atom is -0.383 e. The number of aromatic nitrogens is 2. The fourth-order valence-corrected chi connectivity index (χ4v) is 2.16. The molecule has 5 heteroatoms. The lowest BCUT2D eigenvalue weighted by molar-refractivity contribution is 0.254. The second-order valence-electron chi connectivity index (χ2n) is 5.70. The number of nitrogens with one attached hydrogen (secondary N) is 1. The van der Waals surface area contributed by atoms with Crippen molar-refractivity contribution in [2.24, 2.45) is 5.41 Å². The van der Waals surface area contributed by atoms with Gasteiger partial charge in [-0.2, -0.15) is 0 Å². The molecule has 0 atom stereocenters. The van der Waals surface area contributed by atoms with Crippen LogP contribution in [0.5, 0.6) is 0 Å². The summed E-state index contributed by atoms with van der Waals surface area (Å²) in [5.74, 6) is 1.43. The molecule has 3 N–H and O–H groups in total. The van der Waals surface area contributed by atoms with Gasteiger partial charge in [0.2, 0.25) is 0 Å². The summed E-state index contributed by atoms with van der Waals surface area (Å²) in [7, 11) is 4.17. The summed E-state index contributed by atoms with van der Waals surface area (Å²) in [6.07, 6.45) is 2.35. The smallest absolute Gasteiger partial charge is 0.134 e. The number of nitrogen functional groups attached to an aromatic ring is 1. The number of hydrogen-bond acceptors (Lipinski definition) is 5. The van der Waals surface area contributed by atoms with Gasteiger partial charge in [0.1, 0.15) is 18.0 Å². The van der Waals surface area contributed by atoms with Crippen LogP contribution < -0.4 is 11.1 Å².